The van der Waals surface area contributed by atoms with E-state index in [1.165, 1.54) is 7.11 Å². The summed E-state index contributed by atoms with van der Waals surface area (Å²) in [6.45, 7) is 6.26. The lowest BCUT2D eigenvalue weighted by atomic mass is 10.0. The molecule has 2 aliphatic rings. The Bertz CT molecular complexity index is 1330. The standard InChI is InChI=1S/C28H32N4O5/c1-3-21(18-8-5-4-6-9-18)29-23-24(26(34)25(23)33)30-22-11-7-10-20(27(22)36-2)28(35)32-13-12-31-14-15-37-17-19(31)16-32/h4-11,19,21,29-30H,3,12-17H2,1-2H3/t19-,21-/m1/s1. The summed E-state index contributed by atoms with van der Waals surface area (Å²) in [4.78, 5) is 42.7. The number of nitrogens with zero attached hydrogens (tertiary/aromatic N) is 2. The molecule has 194 valence electrons. The maximum Gasteiger partial charge on any atom is 0.257 e. The number of carbonyl (C=O) groups excluding carboxylic acids is 1. The molecule has 2 heterocycles. The smallest absolute Gasteiger partial charge is 0.257 e. The van der Waals surface area contributed by atoms with Crippen molar-refractivity contribution < 1.29 is 14.3 Å². The summed E-state index contributed by atoms with van der Waals surface area (Å²) in [7, 11) is 1.49. The van der Waals surface area contributed by atoms with Gasteiger partial charge in [-0.2, -0.15) is 0 Å². The molecule has 0 aromatic heterocycles. The first kappa shape index (κ1) is 25.0. The molecule has 0 spiro atoms. The Morgan fingerprint density at radius 1 is 1.05 bits per heavy atom. The van der Waals surface area contributed by atoms with Crippen molar-refractivity contribution in [3.8, 4) is 5.75 Å². The van der Waals surface area contributed by atoms with Crippen LogP contribution in [0.1, 0.15) is 35.3 Å². The van der Waals surface area contributed by atoms with Crippen molar-refractivity contribution in [2.24, 2.45) is 0 Å². The quantitative estimate of drug-likeness (QED) is 0.452. The van der Waals surface area contributed by atoms with Crippen molar-refractivity contribution in [3.63, 3.8) is 0 Å². The van der Waals surface area contributed by atoms with E-state index in [0.29, 0.717) is 36.7 Å². The van der Waals surface area contributed by atoms with Gasteiger partial charge in [-0.3, -0.25) is 19.3 Å². The van der Waals surface area contributed by atoms with Crippen LogP contribution in [0.25, 0.3) is 0 Å². The largest absolute Gasteiger partial charge is 0.494 e. The first-order valence-corrected chi connectivity index (χ1v) is 12.7. The van der Waals surface area contributed by atoms with Crippen molar-refractivity contribution >= 4 is 23.0 Å². The number of ether oxygens (including phenoxy) is 2. The minimum Gasteiger partial charge on any atom is -0.494 e. The van der Waals surface area contributed by atoms with E-state index in [1.807, 2.05) is 42.2 Å². The highest BCUT2D eigenvalue weighted by molar-refractivity contribution is 5.99. The van der Waals surface area contributed by atoms with Crippen LogP contribution in [-0.2, 0) is 4.74 Å². The van der Waals surface area contributed by atoms with Crippen LogP contribution < -0.4 is 26.2 Å². The Morgan fingerprint density at radius 3 is 2.59 bits per heavy atom. The van der Waals surface area contributed by atoms with Crippen LogP contribution in [-0.4, -0.2) is 68.3 Å². The summed E-state index contributed by atoms with van der Waals surface area (Å²) in [5.41, 5.74) is 1.14. The molecule has 3 aromatic rings. The van der Waals surface area contributed by atoms with Gasteiger partial charge < -0.3 is 25.0 Å². The molecule has 2 atom stereocenters. The summed E-state index contributed by atoms with van der Waals surface area (Å²) in [6, 6.07) is 15.0. The zero-order chi connectivity index (χ0) is 25.9. The van der Waals surface area contributed by atoms with Crippen LogP contribution >= 0.6 is 0 Å². The van der Waals surface area contributed by atoms with E-state index < -0.39 is 10.9 Å². The van der Waals surface area contributed by atoms with Gasteiger partial charge in [-0.1, -0.05) is 43.3 Å². The number of nitrogens with one attached hydrogen (secondary N) is 2. The van der Waals surface area contributed by atoms with E-state index in [-0.39, 0.29) is 29.4 Å². The van der Waals surface area contributed by atoms with Gasteiger partial charge in [-0.25, -0.2) is 0 Å². The van der Waals surface area contributed by atoms with E-state index in [1.54, 1.807) is 18.2 Å². The lowest BCUT2D eigenvalue weighted by Gasteiger charge is -2.43. The van der Waals surface area contributed by atoms with Crippen LogP contribution in [0, 0.1) is 0 Å². The van der Waals surface area contributed by atoms with Crippen molar-refractivity contribution in [2.75, 3.05) is 57.1 Å². The highest BCUT2D eigenvalue weighted by Gasteiger charge is 2.33. The number of rotatable bonds is 8. The van der Waals surface area contributed by atoms with Gasteiger partial charge in [0.25, 0.3) is 16.8 Å². The third kappa shape index (κ3) is 4.84. The molecule has 2 aliphatic heterocycles. The molecule has 9 heteroatoms. The molecule has 2 N–H and O–H groups in total. The lowest BCUT2D eigenvalue weighted by Crippen LogP contribution is -2.59. The average Bonchev–Trinajstić information content (AvgIpc) is 2.96. The van der Waals surface area contributed by atoms with Crippen LogP contribution in [0.5, 0.6) is 5.75 Å². The summed E-state index contributed by atoms with van der Waals surface area (Å²) in [6.07, 6.45) is 0.731. The van der Waals surface area contributed by atoms with E-state index in [0.717, 1.165) is 31.7 Å². The number of fused-ring (bicyclic) bond motifs is 1. The molecule has 2 saturated heterocycles. The predicted octanol–water partition coefficient (Wildman–Crippen LogP) is 2.75. The van der Waals surface area contributed by atoms with Gasteiger partial charge in [-0.05, 0) is 24.1 Å². The minimum atomic E-state index is -0.599. The lowest BCUT2D eigenvalue weighted by molar-refractivity contribution is -0.0395. The van der Waals surface area contributed by atoms with Crippen molar-refractivity contribution in [2.45, 2.75) is 25.4 Å². The number of hydrogen-bond acceptors (Lipinski definition) is 8. The summed E-state index contributed by atoms with van der Waals surface area (Å²) < 4.78 is 11.3. The monoisotopic (exact) mass is 504 g/mol. The zero-order valence-electron chi connectivity index (χ0n) is 21.2. The molecule has 3 aromatic carbocycles. The number of para-hydroxylation sites is 1. The minimum absolute atomic E-state index is 0.123. The van der Waals surface area contributed by atoms with Crippen molar-refractivity contribution in [1.82, 2.24) is 9.80 Å². The third-order valence-corrected chi connectivity index (χ3v) is 7.27. The number of carbonyl (C=O) groups is 1. The molecule has 2 fully saturated rings. The van der Waals surface area contributed by atoms with E-state index in [9.17, 15) is 14.4 Å². The average molecular weight is 505 g/mol. The number of piperazine rings is 1. The van der Waals surface area contributed by atoms with Crippen LogP contribution in [0.4, 0.5) is 17.1 Å². The van der Waals surface area contributed by atoms with Gasteiger partial charge in [0.2, 0.25) is 0 Å². The van der Waals surface area contributed by atoms with Crippen molar-refractivity contribution in [3.05, 3.63) is 80.1 Å². The van der Waals surface area contributed by atoms with Gasteiger partial charge in [-0.15, -0.1) is 0 Å². The van der Waals surface area contributed by atoms with Gasteiger partial charge in [0.05, 0.1) is 43.7 Å². The molecule has 0 aliphatic carbocycles. The van der Waals surface area contributed by atoms with Crippen LogP contribution in [0.3, 0.4) is 0 Å². The molecule has 0 saturated carbocycles. The zero-order valence-corrected chi connectivity index (χ0v) is 21.2. The normalized spacial score (nSPS) is 18.8. The van der Waals surface area contributed by atoms with Gasteiger partial charge in [0.15, 0.2) is 5.75 Å². The number of morpholine rings is 1. The highest BCUT2D eigenvalue weighted by Crippen LogP contribution is 2.34. The molecular formula is C28H32N4O5. The third-order valence-electron chi connectivity index (χ3n) is 7.27. The van der Waals surface area contributed by atoms with Gasteiger partial charge in [0.1, 0.15) is 11.4 Å². The molecule has 0 unspecified atom stereocenters. The molecule has 1 amide bonds. The first-order chi connectivity index (χ1) is 18.0. The van der Waals surface area contributed by atoms with E-state index in [2.05, 4.69) is 15.5 Å². The number of hydrogen-bond donors (Lipinski definition) is 2. The Labute approximate surface area is 215 Å². The predicted molar refractivity (Wildman–Crippen MR) is 143 cm³/mol. The summed E-state index contributed by atoms with van der Waals surface area (Å²) >= 11 is 0. The number of anilines is 3. The van der Waals surface area contributed by atoms with Gasteiger partial charge >= 0.3 is 0 Å². The SMILES string of the molecule is CC[C@@H](Nc1c(Nc2cccc(C(=O)N3CCN4CCOC[C@H]4C3)c2OC)c(=O)c1=O)c1ccccc1. The maximum atomic E-state index is 13.5. The fraction of sp³-hybridized carbons (Fsp3) is 0.393. The fourth-order valence-electron chi connectivity index (χ4n) is 5.19. The second kappa shape index (κ2) is 10.7. The molecule has 0 bridgehead atoms. The summed E-state index contributed by atoms with van der Waals surface area (Å²) in [5.74, 6) is 0.202. The second-order valence-corrected chi connectivity index (χ2v) is 9.45. The molecular weight excluding hydrogens is 472 g/mol. The van der Waals surface area contributed by atoms with Crippen LogP contribution in [0.2, 0.25) is 0 Å². The Kier molecular flexibility index (Phi) is 7.25. The Morgan fingerprint density at radius 2 is 1.84 bits per heavy atom. The van der Waals surface area contributed by atoms with Crippen molar-refractivity contribution in [1.29, 1.82) is 0 Å². The highest BCUT2D eigenvalue weighted by atomic mass is 16.5. The fourth-order valence-corrected chi connectivity index (χ4v) is 5.19. The van der Waals surface area contributed by atoms with E-state index >= 15 is 0 Å². The molecule has 5 rings (SSSR count). The van der Waals surface area contributed by atoms with Gasteiger partial charge in [0, 0.05) is 26.2 Å². The topological polar surface area (TPSA) is 100 Å². The van der Waals surface area contributed by atoms with Crippen LogP contribution in [0.15, 0.2) is 58.1 Å². The molecule has 0 radical (unpaired) electrons. The Balaban J connectivity index is 1.38. The first-order valence-electron chi connectivity index (χ1n) is 12.7. The maximum absolute atomic E-state index is 13.5. The summed E-state index contributed by atoms with van der Waals surface area (Å²) in [5, 5.41) is 6.31. The second-order valence-electron chi connectivity index (χ2n) is 9.45. The number of benzene rings is 2. The molecule has 9 nitrogen and oxygen atoms in total. The number of methoxy groups -OCH3 is 1. The molecule has 37 heavy (non-hydrogen) atoms. The number of amides is 1. The Hall–Kier alpha value is -3.69. The van der Waals surface area contributed by atoms with E-state index in [4.69, 9.17) is 9.47 Å².